The normalized spacial score (nSPS) is 13.3. The number of rotatable bonds is 4. The molecule has 0 aromatic heterocycles. The summed E-state index contributed by atoms with van der Waals surface area (Å²) >= 11 is 3.14. The Bertz CT molecular complexity index is 544. The Labute approximate surface area is 107 Å². The van der Waals surface area contributed by atoms with E-state index in [1.165, 1.54) is 18.2 Å². The van der Waals surface area contributed by atoms with Crippen molar-refractivity contribution >= 4 is 37.4 Å². The van der Waals surface area contributed by atoms with Crippen LogP contribution in [0.3, 0.4) is 0 Å². The van der Waals surface area contributed by atoms with Gasteiger partial charge < -0.3 is 16.6 Å². The topological polar surface area (TPSA) is 123 Å². The molecule has 8 heteroatoms. The van der Waals surface area contributed by atoms with Crippen LogP contribution in [0.5, 0.6) is 0 Å². The number of sulfone groups is 1. The van der Waals surface area contributed by atoms with Crippen LogP contribution in [0.2, 0.25) is 0 Å². The number of halogens is 1. The maximum absolute atomic E-state index is 11.8. The second-order valence-corrected chi connectivity index (χ2v) is 6.33. The van der Waals surface area contributed by atoms with Crippen molar-refractivity contribution in [3.63, 3.8) is 0 Å². The first-order chi connectivity index (χ1) is 7.74. The van der Waals surface area contributed by atoms with E-state index in [4.69, 9.17) is 16.6 Å². The Hall–Kier alpha value is -1.12. The average Bonchev–Trinajstić information content (AvgIpc) is 2.15. The summed E-state index contributed by atoms with van der Waals surface area (Å²) in [6.07, 6.45) is 0. The highest BCUT2D eigenvalue weighted by atomic mass is 79.9. The second-order valence-electron chi connectivity index (χ2n) is 3.41. The summed E-state index contributed by atoms with van der Waals surface area (Å²) in [5.41, 5.74) is 10.8. The van der Waals surface area contributed by atoms with Crippen molar-refractivity contribution in [2.24, 2.45) is 5.73 Å². The molecule has 0 amide bonds. The lowest BCUT2D eigenvalue weighted by Gasteiger charge is -2.10. The molecule has 0 fully saturated rings. The van der Waals surface area contributed by atoms with Crippen LogP contribution in [0.1, 0.15) is 0 Å². The highest BCUT2D eigenvalue weighted by Crippen LogP contribution is 2.23. The molecule has 0 unspecified atom stereocenters. The van der Waals surface area contributed by atoms with Crippen LogP contribution in [0.15, 0.2) is 27.6 Å². The van der Waals surface area contributed by atoms with Crippen molar-refractivity contribution in [1.29, 1.82) is 0 Å². The van der Waals surface area contributed by atoms with E-state index in [0.717, 1.165) is 0 Å². The summed E-state index contributed by atoms with van der Waals surface area (Å²) in [4.78, 5) is 10.4. The van der Waals surface area contributed by atoms with Crippen LogP contribution >= 0.6 is 15.9 Å². The van der Waals surface area contributed by atoms with Gasteiger partial charge in [0.2, 0.25) is 0 Å². The van der Waals surface area contributed by atoms with Crippen LogP contribution in [-0.2, 0) is 14.6 Å². The van der Waals surface area contributed by atoms with Crippen molar-refractivity contribution in [3.8, 4) is 0 Å². The summed E-state index contributed by atoms with van der Waals surface area (Å²) in [6, 6.07) is 2.78. The molecule has 0 spiro atoms. The summed E-state index contributed by atoms with van der Waals surface area (Å²) in [5, 5.41) is 8.58. The molecule has 0 heterocycles. The molecular formula is C9H11BrN2O4S. The molecule has 1 rings (SSSR count). The monoisotopic (exact) mass is 322 g/mol. The van der Waals surface area contributed by atoms with Crippen molar-refractivity contribution < 1.29 is 18.3 Å². The Kier molecular flexibility index (Phi) is 4.12. The molecule has 6 nitrogen and oxygen atoms in total. The van der Waals surface area contributed by atoms with Gasteiger partial charge >= 0.3 is 5.97 Å². The lowest BCUT2D eigenvalue weighted by atomic mass is 10.3. The lowest BCUT2D eigenvalue weighted by molar-refractivity contribution is -0.137. The lowest BCUT2D eigenvalue weighted by Crippen LogP contribution is -2.37. The number of anilines is 1. The molecule has 0 aliphatic carbocycles. The Balaban J connectivity index is 3.10. The third-order valence-corrected chi connectivity index (χ3v) is 4.36. The van der Waals surface area contributed by atoms with Crippen LogP contribution in [0.25, 0.3) is 0 Å². The van der Waals surface area contributed by atoms with Gasteiger partial charge in [0.1, 0.15) is 6.04 Å². The number of carboxylic acids is 1. The molecular weight excluding hydrogens is 312 g/mol. The average molecular weight is 323 g/mol. The fourth-order valence-corrected chi connectivity index (χ4v) is 3.07. The van der Waals surface area contributed by atoms with E-state index in [0.29, 0.717) is 4.47 Å². The number of hydrogen-bond acceptors (Lipinski definition) is 5. The van der Waals surface area contributed by atoms with Crippen LogP contribution in [0.4, 0.5) is 5.69 Å². The van der Waals surface area contributed by atoms with E-state index in [1.807, 2.05) is 0 Å². The van der Waals surface area contributed by atoms with Crippen molar-refractivity contribution in [2.45, 2.75) is 10.9 Å². The summed E-state index contributed by atoms with van der Waals surface area (Å²) in [5.74, 6) is -2.06. The van der Waals surface area contributed by atoms with E-state index in [1.54, 1.807) is 0 Å². The number of aliphatic carboxylic acids is 1. The number of hydrogen-bond donors (Lipinski definition) is 3. The molecule has 1 aromatic carbocycles. The molecule has 1 aromatic rings. The smallest absolute Gasteiger partial charge is 0.321 e. The maximum Gasteiger partial charge on any atom is 0.321 e. The van der Waals surface area contributed by atoms with E-state index < -0.39 is 27.6 Å². The second kappa shape index (κ2) is 5.03. The molecule has 0 radical (unpaired) electrons. The van der Waals surface area contributed by atoms with Crippen molar-refractivity contribution in [3.05, 3.63) is 22.7 Å². The highest BCUT2D eigenvalue weighted by Gasteiger charge is 2.24. The first kappa shape index (κ1) is 13.9. The Morgan fingerprint density at radius 3 is 2.53 bits per heavy atom. The number of nitrogen functional groups attached to an aromatic ring is 1. The molecule has 94 valence electrons. The van der Waals surface area contributed by atoms with Crippen LogP contribution in [-0.4, -0.2) is 31.3 Å². The van der Waals surface area contributed by atoms with Gasteiger partial charge in [0, 0.05) is 4.47 Å². The van der Waals surface area contributed by atoms with E-state index in [-0.39, 0.29) is 10.6 Å². The van der Waals surface area contributed by atoms with Crippen molar-refractivity contribution in [1.82, 2.24) is 0 Å². The third kappa shape index (κ3) is 3.42. The molecule has 0 aliphatic rings. The van der Waals surface area contributed by atoms with Crippen LogP contribution in [0, 0.1) is 0 Å². The zero-order valence-corrected chi connectivity index (χ0v) is 11.0. The third-order valence-electron chi connectivity index (χ3n) is 2.02. The minimum atomic E-state index is -3.80. The van der Waals surface area contributed by atoms with Gasteiger partial charge in [0.05, 0.1) is 16.3 Å². The number of benzene rings is 1. The molecule has 0 saturated carbocycles. The minimum absolute atomic E-state index is 0.0527. The zero-order valence-electron chi connectivity index (χ0n) is 8.63. The van der Waals surface area contributed by atoms with Gasteiger partial charge in [-0.3, -0.25) is 4.79 Å². The van der Waals surface area contributed by atoms with Crippen molar-refractivity contribution in [2.75, 3.05) is 11.5 Å². The minimum Gasteiger partial charge on any atom is -0.480 e. The molecule has 0 bridgehead atoms. The molecule has 0 saturated heterocycles. The van der Waals surface area contributed by atoms with Gasteiger partial charge in [-0.2, -0.15) is 0 Å². The SMILES string of the molecule is Nc1cc(Br)ccc1S(=O)(=O)C[C@H](N)C(=O)O. The Morgan fingerprint density at radius 2 is 2.06 bits per heavy atom. The molecule has 17 heavy (non-hydrogen) atoms. The maximum atomic E-state index is 11.8. The van der Waals surface area contributed by atoms with Gasteiger partial charge in [-0.05, 0) is 18.2 Å². The fraction of sp³-hybridized carbons (Fsp3) is 0.222. The van der Waals surface area contributed by atoms with Crippen LogP contribution < -0.4 is 11.5 Å². The predicted octanol–water partition coefficient (Wildman–Crippen LogP) is 0.217. The van der Waals surface area contributed by atoms with Gasteiger partial charge in [0.15, 0.2) is 9.84 Å². The first-order valence-electron chi connectivity index (χ1n) is 4.50. The van der Waals surface area contributed by atoms with Gasteiger partial charge in [-0.25, -0.2) is 8.42 Å². The summed E-state index contributed by atoms with van der Waals surface area (Å²) in [7, 11) is -3.80. The molecule has 5 N–H and O–H groups in total. The molecule has 0 aliphatic heterocycles. The number of carbonyl (C=O) groups is 1. The summed E-state index contributed by atoms with van der Waals surface area (Å²) < 4.78 is 24.3. The van der Waals surface area contributed by atoms with E-state index in [2.05, 4.69) is 15.9 Å². The number of carboxylic acid groups (broad SMARTS) is 1. The predicted molar refractivity (Wildman–Crippen MR) is 66.2 cm³/mol. The summed E-state index contributed by atoms with van der Waals surface area (Å²) in [6.45, 7) is 0. The quantitative estimate of drug-likeness (QED) is 0.681. The largest absolute Gasteiger partial charge is 0.480 e. The van der Waals surface area contributed by atoms with Gasteiger partial charge in [0.25, 0.3) is 0 Å². The van der Waals surface area contributed by atoms with Gasteiger partial charge in [-0.15, -0.1) is 0 Å². The van der Waals surface area contributed by atoms with E-state index >= 15 is 0 Å². The fourth-order valence-electron chi connectivity index (χ4n) is 1.20. The first-order valence-corrected chi connectivity index (χ1v) is 6.95. The highest BCUT2D eigenvalue weighted by molar-refractivity contribution is 9.10. The van der Waals surface area contributed by atoms with Gasteiger partial charge in [-0.1, -0.05) is 15.9 Å². The molecule has 1 atom stereocenters. The number of nitrogens with two attached hydrogens (primary N) is 2. The standard InChI is InChI=1S/C9H11BrN2O4S/c10-5-1-2-8(6(11)3-5)17(15,16)4-7(12)9(13)14/h1-3,7H,4,11-12H2,(H,13,14)/t7-/m0/s1. The van der Waals surface area contributed by atoms with E-state index in [9.17, 15) is 13.2 Å². The Morgan fingerprint density at radius 1 is 1.47 bits per heavy atom. The zero-order chi connectivity index (χ0) is 13.2.